The van der Waals surface area contributed by atoms with E-state index in [0.717, 1.165) is 25.7 Å². The molecule has 2 aliphatic heterocycles. The van der Waals surface area contributed by atoms with Crippen LogP contribution in [0.2, 0.25) is 0 Å². The number of rotatable bonds is 1. The molecule has 90 valence electrons. The molecule has 2 saturated heterocycles. The Hall–Kier alpha value is -0.650. The lowest BCUT2D eigenvalue weighted by molar-refractivity contribution is -0.217. The van der Waals surface area contributed by atoms with Crippen LogP contribution in [0.4, 0.5) is 0 Å². The monoisotopic (exact) mass is 228 g/mol. The van der Waals surface area contributed by atoms with Crippen LogP contribution in [0.1, 0.15) is 32.1 Å². The highest BCUT2D eigenvalue weighted by Crippen LogP contribution is 2.44. The lowest BCUT2D eigenvalue weighted by atomic mass is 9.94. The van der Waals surface area contributed by atoms with Crippen molar-refractivity contribution in [2.75, 3.05) is 6.61 Å². The first-order chi connectivity index (χ1) is 7.74. The van der Waals surface area contributed by atoms with Gasteiger partial charge in [0.1, 0.15) is 6.10 Å². The van der Waals surface area contributed by atoms with Gasteiger partial charge in [-0.05, 0) is 12.8 Å². The first-order valence-electron chi connectivity index (χ1n) is 5.91. The van der Waals surface area contributed by atoms with Gasteiger partial charge in [-0.25, -0.2) is 4.79 Å². The van der Waals surface area contributed by atoms with Crippen molar-refractivity contribution in [2.45, 2.75) is 56.2 Å². The second kappa shape index (κ2) is 3.68. The predicted molar refractivity (Wildman–Crippen MR) is 52.5 cm³/mol. The zero-order valence-electron chi connectivity index (χ0n) is 9.05. The van der Waals surface area contributed by atoms with E-state index >= 15 is 0 Å². The van der Waals surface area contributed by atoms with Crippen molar-refractivity contribution in [1.29, 1.82) is 0 Å². The summed E-state index contributed by atoms with van der Waals surface area (Å²) >= 11 is 0. The minimum absolute atomic E-state index is 0.202. The van der Waals surface area contributed by atoms with E-state index < -0.39 is 30.1 Å². The Balaban J connectivity index is 1.78. The second-order valence-corrected chi connectivity index (χ2v) is 4.75. The van der Waals surface area contributed by atoms with Crippen molar-refractivity contribution in [2.24, 2.45) is 0 Å². The van der Waals surface area contributed by atoms with Gasteiger partial charge >= 0.3 is 5.97 Å². The fourth-order valence-electron chi connectivity index (χ4n) is 2.84. The fourth-order valence-corrected chi connectivity index (χ4v) is 2.84. The van der Waals surface area contributed by atoms with Crippen LogP contribution in [0.3, 0.4) is 0 Å². The Morgan fingerprint density at radius 2 is 2.00 bits per heavy atom. The van der Waals surface area contributed by atoms with E-state index in [-0.39, 0.29) is 6.61 Å². The molecule has 0 aromatic heterocycles. The highest BCUT2D eigenvalue weighted by Gasteiger charge is 2.58. The molecule has 5 nitrogen and oxygen atoms in total. The summed E-state index contributed by atoms with van der Waals surface area (Å²) in [5.41, 5.74) is 0. The lowest BCUT2D eigenvalue weighted by Crippen LogP contribution is -2.37. The largest absolute Gasteiger partial charge is 0.455 e. The van der Waals surface area contributed by atoms with E-state index in [4.69, 9.17) is 19.3 Å². The number of carbonyl (C=O) groups excluding carboxylic acids is 1. The average molecular weight is 228 g/mol. The summed E-state index contributed by atoms with van der Waals surface area (Å²) in [5.74, 6) is -0.980. The fraction of sp³-hybridized carbons (Fsp3) is 0.909. The summed E-state index contributed by atoms with van der Waals surface area (Å²) in [5, 5.41) is 9.10. The van der Waals surface area contributed by atoms with Gasteiger partial charge in [0.25, 0.3) is 0 Å². The van der Waals surface area contributed by atoms with Gasteiger partial charge in [-0.2, -0.15) is 0 Å². The van der Waals surface area contributed by atoms with E-state index in [1.807, 2.05) is 0 Å². The Morgan fingerprint density at radius 1 is 1.25 bits per heavy atom. The van der Waals surface area contributed by atoms with Crippen molar-refractivity contribution in [3.8, 4) is 0 Å². The molecule has 3 rings (SSSR count). The molecule has 1 spiro atoms. The van der Waals surface area contributed by atoms with Crippen LogP contribution in [0.25, 0.3) is 0 Å². The first kappa shape index (κ1) is 10.5. The Morgan fingerprint density at radius 3 is 2.69 bits per heavy atom. The number of ether oxygens (including phenoxy) is 3. The Bertz CT molecular complexity index is 297. The number of hydrogen-bond donors (Lipinski definition) is 1. The van der Waals surface area contributed by atoms with Crippen LogP contribution in [0.5, 0.6) is 0 Å². The van der Waals surface area contributed by atoms with E-state index in [1.165, 1.54) is 6.42 Å². The number of aliphatic hydroxyl groups excluding tert-OH is 1. The van der Waals surface area contributed by atoms with Crippen molar-refractivity contribution in [3.05, 3.63) is 0 Å². The molecule has 0 amide bonds. The predicted octanol–water partition coefficient (Wildman–Crippen LogP) is 0.348. The van der Waals surface area contributed by atoms with Gasteiger partial charge in [-0.1, -0.05) is 6.42 Å². The maximum absolute atomic E-state index is 11.5. The molecule has 3 aliphatic rings. The molecule has 3 atom stereocenters. The van der Waals surface area contributed by atoms with Crippen molar-refractivity contribution in [1.82, 2.24) is 0 Å². The maximum atomic E-state index is 11.5. The van der Waals surface area contributed by atoms with Gasteiger partial charge in [-0.15, -0.1) is 0 Å². The number of cyclic esters (lactones) is 1. The molecular weight excluding hydrogens is 212 g/mol. The lowest BCUT2D eigenvalue weighted by Gasteiger charge is -2.32. The normalized spacial score (nSPS) is 41.1. The molecule has 1 N–H and O–H groups in total. The van der Waals surface area contributed by atoms with Crippen molar-refractivity contribution < 1.29 is 24.1 Å². The zero-order valence-corrected chi connectivity index (χ0v) is 9.05. The van der Waals surface area contributed by atoms with Gasteiger partial charge in [0.15, 0.2) is 18.0 Å². The molecule has 2 heterocycles. The molecule has 1 unspecified atom stereocenters. The van der Waals surface area contributed by atoms with E-state index in [1.54, 1.807) is 0 Å². The minimum Gasteiger partial charge on any atom is -0.455 e. The Kier molecular flexibility index (Phi) is 2.42. The quantitative estimate of drug-likeness (QED) is 0.656. The average Bonchev–Trinajstić information content (AvgIpc) is 2.78. The molecule has 3 fully saturated rings. The third-order valence-electron chi connectivity index (χ3n) is 3.65. The van der Waals surface area contributed by atoms with Gasteiger partial charge in [-0.3, -0.25) is 0 Å². The topological polar surface area (TPSA) is 65.0 Å². The molecule has 0 aromatic rings. The van der Waals surface area contributed by atoms with Crippen LogP contribution in [-0.2, 0) is 19.0 Å². The highest BCUT2D eigenvalue weighted by atomic mass is 16.8. The van der Waals surface area contributed by atoms with Crippen LogP contribution < -0.4 is 0 Å². The van der Waals surface area contributed by atoms with Gasteiger partial charge in [0.05, 0.1) is 6.61 Å². The number of hydrogen-bond acceptors (Lipinski definition) is 5. The number of fused-ring (bicyclic) bond motifs is 1. The van der Waals surface area contributed by atoms with Gasteiger partial charge in [0, 0.05) is 12.8 Å². The molecule has 0 bridgehead atoms. The highest BCUT2D eigenvalue weighted by molar-refractivity contribution is 5.78. The maximum Gasteiger partial charge on any atom is 0.338 e. The molecule has 1 saturated carbocycles. The molecule has 5 heteroatoms. The van der Waals surface area contributed by atoms with Crippen LogP contribution in [-0.4, -0.2) is 41.8 Å². The SMILES string of the molecule is O=C1O[C@H](CO)C2OC3(CCCCC3)O[C@H]12. The van der Waals surface area contributed by atoms with Crippen molar-refractivity contribution >= 4 is 5.97 Å². The smallest absolute Gasteiger partial charge is 0.338 e. The molecular formula is C11H16O5. The van der Waals surface area contributed by atoms with Crippen LogP contribution in [0, 0.1) is 0 Å². The summed E-state index contributed by atoms with van der Waals surface area (Å²) in [6, 6.07) is 0. The summed E-state index contributed by atoms with van der Waals surface area (Å²) in [6.45, 7) is -0.202. The Labute approximate surface area is 93.7 Å². The third kappa shape index (κ3) is 1.46. The zero-order chi connectivity index (χ0) is 11.2. The van der Waals surface area contributed by atoms with E-state index in [9.17, 15) is 4.79 Å². The minimum atomic E-state index is -0.629. The van der Waals surface area contributed by atoms with Crippen LogP contribution >= 0.6 is 0 Å². The number of esters is 1. The summed E-state index contributed by atoms with van der Waals surface area (Å²) < 4.78 is 16.6. The second-order valence-electron chi connectivity index (χ2n) is 4.75. The van der Waals surface area contributed by atoms with Gasteiger partial charge in [0.2, 0.25) is 0 Å². The molecule has 16 heavy (non-hydrogen) atoms. The number of aliphatic hydroxyl groups is 1. The summed E-state index contributed by atoms with van der Waals surface area (Å²) in [7, 11) is 0. The molecule has 0 aromatic carbocycles. The summed E-state index contributed by atoms with van der Waals surface area (Å²) in [4.78, 5) is 11.5. The molecule has 1 aliphatic carbocycles. The number of carbonyl (C=O) groups is 1. The van der Waals surface area contributed by atoms with Gasteiger partial charge < -0.3 is 19.3 Å². The molecule has 0 radical (unpaired) electrons. The van der Waals surface area contributed by atoms with E-state index in [0.29, 0.717) is 0 Å². The van der Waals surface area contributed by atoms with Crippen LogP contribution in [0.15, 0.2) is 0 Å². The van der Waals surface area contributed by atoms with Crippen molar-refractivity contribution in [3.63, 3.8) is 0 Å². The first-order valence-corrected chi connectivity index (χ1v) is 5.91. The third-order valence-corrected chi connectivity index (χ3v) is 3.65. The summed E-state index contributed by atoms with van der Waals surface area (Å²) in [6.07, 6.45) is 3.40. The van der Waals surface area contributed by atoms with E-state index in [2.05, 4.69) is 0 Å². The standard InChI is InChI=1S/C11H16O5/c12-6-7-8-9(10(13)14-7)16-11(15-8)4-2-1-3-5-11/h7-9,12H,1-6H2/t7-,8?,9+/m1/s1.